The van der Waals surface area contributed by atoms with Crippen LogP contribution in [-0.2, 0) is 0 Å². The minimum absolute atomic E-state index is 0.663. The molecule has 0 atom stereocenters. The van der Waals surface area contributed by atoms with Gasteiger partial charge in [0.05, 0.1) is 6.61 Å². The number of benzene rings is 1. The van der Waals surface area contributed by atoms with Gasteiger partial charge in [-0.05, 0) is 6.42 Å². The van der Waals surface area contributed by atoms with Crippen molar-refractivity contribution in [1.29, 1.82) is 0 Å². The average Bonchev–Trinajstić information content (AvgIpc) is 3.27. The summed E-state index contributed by atoms with van der Waals surface area (Å²) < 4.78 is 6.10. The van der Waals surface area contributed by atoms with Crippen LogP contribution in [0, 0.1) is 0 Å². The monoisotopic (exact) mass is 438 g/mol. The fraction of sp³-hybridized carbons (Fsp3) is 0.556. The summed E-state index contributed by atoms with van der Waals surface area (Å²) >= 11 is 1.63. The number of unbranched alkanes of at least 4 members (excludes halogenated alkanes) is 12. The van der Waals surface area contributed by atoms with Crippen molar-refractivity contribution in [2.24, 2.45) is 0 Å². The summed E-state index contributed by atoms with van der Waals surface area (Å²) in [5.41, 5.74) is 3.77. The van der Waals surface area contributed by atoms with Crippen molar-refractivity contribution in [1.82, 2.24) is 9.97 Å². The van der Waals surface area contributed by atoms with E-state index >= 15 is 0 Å². The van der Waals surface area contributed by atoms with Gasteiger partial charge in [-0.25, -0.2) is 9.97 Å². The van der Waals surface area contributed by atoms with Gasteiger partial charge in [-0.1, -0.05) is 114 Å². The van der Waals surface area contributed by atoms with Crippen LogP contribution in [0.4, 0.5) is 0 Å². The molecule has 0 amide bonds. The number of nitrogens with zero attached hydrogens (tertiary/aromatic N) is 2. The van der Waals surface area contributed by atoms with Crippen molar-refractivity contribution < 1.29 is 4.74 Å². The van der Waals surface area contributed by atoms with Gasteiger partial charge < -0.3 is 4.74 Å². The normalized spacial score (nSPS) is 11.3. The van der Waals surface area contributed by atoms with E-state index in [4.69, 9.17) is 14.7 Å². The Kier molecular flexibility index (Phi) is 10.9. The second-order valence-corrected chi connectivity index (χ2v) is 9.22. The number of fused-ring (bicyclic) bond motifs is 1. The predicted molar refractivity (Wildman–Crippen MR) is 134 cm³/mol. The Bertz CT molecular complexity index is 862. The molecule has 0 spiro atoms. The van der Waals surface area contributed by atoms with Crippen molar-refractivity contribution in [2.45, 2.75) is 90.4 Å². The first kappa shape index (κ1) is 23.7. The topological polar surface area (TPSA) is 35.0 Å². The second kappa shape index (κ2) is 14.2. The van der Waals surface area contributed by atoms with Crippen LogP contribution in [0.1, 0.15) is 90.4 Å². The fourth-order valence-corrected chi connectivity index (χ4v) is 4.63. The van der Waals surface area contributed by atoms with E-state index in [0.717, 1.165) is 28.7 Å². The Morgan fingerprint density at radius 2 is 1.23 bits per heavy atom. The van der Waals surface area contributed by atoms with Crippen molar-refractivity contribution >= 4 is 22.4 Å². The molecule has 168 valence electrons. The number of rotatable bonds is 16. The Morgan fingerprint density at radius 1 is 0.677 bits per heavy atom. The van der Waals surface area contributed by atoms with Gasteiger partial charge in [0.25, 0.3) is 0 Å². The lowest BCUT2D eigenvalue weighted by atomic mass is 10.0. The van der Waals surface area contributed by atoms with Gasteiger partial charge in [0.1, 0.15) is 16.7 Å². The molecule has 2 heterocycles. The molecule has 0 aliphatic heterocycles. The zero-order chi connectivity index (χ0) is 21.6. The van der Waals surface area contributed by atoms with Crippen molar-refractivity contribution in [3.05, 3.63) is 41.1 Å². The number of ether oxygens (including phenoxy) is 1. The zero-order valence-electron chi connectivity index (χ0n) is 19.2. The summed E-state index contributed by atoms with van der Waals surface area (Å²) in [6, 6.07) is 10.2. The minimum Gasteiger partial charge on any atom is -0.476 e. The highest BCUT2D eigenvalue weighted by Crippen LogP contribution is 2.30. The summed E-state index contributed by atoms with van der Waals surface area (Å²) in [4.78, 5) is 9.55. The van der Waals surface area contributed by atoms with Crippen LogP contribution in [0.5, 0.6) is 5.88 Å². The molecule has 0 radical (unpaired) electrons. The molecule has 0 aliphatic carbocycles. The van der Waals surface area contributed by atoms with E-state index in [2.05, 4.69) is 19.1 Å². The Hall–Kier alpha value is -1.94. The van der Waals surface area contributed by atoms with Crippen molar-refractivity contribution in [2.75, 3.05) is 6.61 Å². The number of hydrogen-bond donors (Lipinski definition) is 0. The molecular formula is C27H38N2OS. The highest BCUT2D eigenvalue weighted by Gasteiger charge is 2.12. The van der Waals surface area contributed by atoms with Crippen molar-refractivity contribution in [3.8, 4) is 17.1 Å². The Balaban J connectivity index is 1.31. The van der Waals surface area contributed by atoms with Gasteiger partial charge in [0.15, 0.2) is 0 Å². The molecule has 0 fully saturated rings. The Labute approximate surface area is 192 Å². The van der Waals surface area contributed by atoms with Gasteiger partial charge >= 0.3 is 0 Å². The van der Waals surface area contributed by atoms with E-state index in [9.17, 15) is 0 Å². The molecule has 3 aromatic rings. The van der Waals surface area contributed by atoms with Gasteiger partial charge in [0, 0.05) is 16.3 Å². The summed E-state index contributed by atoms with van der Waals surface area (Å²) in [6.45, 7) is 2.99. The maximum absolute atomic E-state index is 6.10. The largest absolute Gasteiger partial charge is 0.476 e. The quantitative estimate of drug-likeness (QED) is 0.209. The molecule has 0 unspecified atom stereocenters. The van der Waals surface area contributed by atoms with Gasteiger partial charge in [-0.15, -0.1) is 11.3 Å². The standard InChI is InChI=1S/C27H38N2OS/c1-2-3-4-5-6-7-8-9-10-11-12-13-17-20-30-27-26(23-18-15-14-16-19-23)28-24-21-31-22-25(24)29-27/h14-16,18-19,21-22H,2-13,17,20H2,1H3. The maximum atomic E-state index is 6.10. The molecule has 3 rings (SSSR count). The molecule has 0 aliphatic rings. The minimum atomic E-state index is 0.663. The fourth-order valence-electron chi connectivity index (χ4n) is 3.95. The molecule has 1 aromatic carbocycles. The molecular weight excluding hydrogens is 400 g/mol. The lowest BCUT2D eigenvalue weighted by Crippen LogP contribution is -2.02. The summed E-state index contributed by atoms with van der Waals surface area (Å²) in [5.74, 6) is 0.663. The number of hydrogen-bond acceptors (Lipinski definition) is 4. The van der Waals surface area contributed by atoms with Crippen LogP contribution in [0.2, 0.25) is 0 Å². The second-order valence-electron chi connectivity index (χ2n) is 8.48. The van der Waals surface area contributed by atoms with Crippen LogP contribution in [0.15, 0.2) is 41.1 Å². The molecule has 2 aromatic heterocycles. The third kappa shape index (κ3) is 8.25. The highest BCUT2D eigenvalue weighted by molar-refractivity contribution is 7.09. The van der Waals surface area contributed by atoms with E-state index in [1.807, 2.05) is 29.0 Å². The van der Waals surface area contributed by atoms with E-state index in [1.165, 1.54) is 77.0 Å². The zero-order valence-corrected chi connectivity index (χ0v) is 20.0. The summed E-state index contributed by atoms with van der Waals surface area (Å²) in [7, 11) is 0. The summed E-state index contributed by atoms with van der Waals surface area (Å²) in [5, 5.41) is 4.08. The van der Waals surface area contributed by atoms with E-state index < -0.39 is 0 Å². The van der Waals surface area contributed by atoms with Gasteiger partial charge in [-0.2, -0.15) is 0 Å². The number of aromatic nitrogens is 2. The van der Waals surface area contributed by atoms with Crippen LogP contribution >= 0.6 is 11.3 Å². The molecule has 0 saturated carbocycles. The van der Waals surface area contributed by atoms with Gasteiger partial charge in [0.2, 0.25) is 5.88 Å². The molecule has 0 saturated heterocycles. The predicted octanol–water partition coefficient (Wildman–Crippen LogP) is 8.83. The lowest BCUT2D eigenvalue weighted by molar-refractivity contribution is 0.294. The Morgan fingerprint density at radius 3 is 1.84 bits per heavy atom. The molecule has 31 heavy (non-hydrogen) atoms. The smallest absolute Gasteiger partial charge is 0.241 e. The first-order valence-electron chi connectivity index (χ1n) is 12.3. The maximum Gasteiger partial charge on any atom is 0.241 e. The average molecular weight is 439 g/mol. The first-order chi connectivity index (χ1) is 15.4. The lowest BCUT2D eigenvalue weighted by Gasteiger charge is -2.10. The third-order valence-electron chi connectivity index (χ3n) is 5.81. The van der Waals surface area contributed by atoms with Crippen LogP contribution in [0.25, 0.3) is 22.3 Å². The van der Waals surface area contributed by atoms with E-state index in [1.54, 1.807) is 11.3 Å². The number of thiophene rings is 1. The van der Waals surface area contributed by atoms with E-state index in [0.29, 0.717) is 12.5 Å². The van der Waals surface area contributed by atoms with Crippen LogP contribution < -0.4 is 4.74 Å². The summed E-state index contributed by atoms with van der Waals surface area (Å²) in [6.07, 6.45) is 17.6. The first-order valence-corrected chi connectivity index (χ1v) is 13.2. The third-order valence-corrected chi connectivity index (χ3v) is 6.53. The van der Waals surface area contributed by atoms with Crippen molar-refractivity contribution in [3.63, 3.8) is 0 Å². The molecule has 0 bridgehead atoms. The highest BCUT2D eigenvalue weighted by atomic mass is 32.1. The molecule has 4 heteroatoms. The SMILES string of the molecule is CCCCCCCCCCCCCCCOc1nc2cscc2nc1-c1ccccc1. The molecule has 0 N–H and O–H groups in total. The van der Waals surface area contributed by atoms with Gasteiger partial charge in [-0.3, -0.25) is 0 Å². The van der Waals surface area contributed by atoms with E-state index in [-0.39, 0.29) is 0 Å². The molecule has 3 nitrogen and oxygen atoms in total. The van der Waals surface area contributed by atoms with Crippen LogP contribution in [0.3, 0.4) is 0 Å². The van der Waals surface area contributed by atoms with Crippen LogP contribution in [-0.4, -0.2) is 16.6 Å².